The summed E-state index contributed by atoms with van der Waals surface area (Å²) in [7, 11) is 0. The van der Waals surface area contributed by atoms with Crippen molar-refractivity contribution in [1.29, 1.82) is 0 Å². The highest BCUT2D eigenvalue weighted by atomic mass is 16.7. The highest BCUT2D eigenvalue weighted by Crippen LogP contribution is 2.39. The van der Waals surface area contributed by atoms with E-state index in [4.69, 9.17) is 15.9 Å². The van der Waals surface area contributed by atoms with Crippen molar-refractivity contribution in [3.05, 3.63) is 29.8 Å². The van der Waals surface area contributed by atoms with Crippen molar-refractivity contribution in [2.45, 2.75) is 83.0 Å². The van der Waals surface area contributed by atoms with Crippen molar-refractivity contribution < 1.29 is 14.6 Å². The van der Waals surface area contributed by atoms with Crippen LogP contribution in [0.3, 0.4) is 0 Å². The van der Waals surface area contributed by atoms with Crippen LogP contribution in [0.15, 0.2) is 24.3 Å². The van der Waals surface area contributed by atoms with Crippen LogP contribution in [0.25, 0.3) is 0 Å². The monoisotopic (exact) mass is 370 g/mol. The summed E-state index contributed by atoms with van der Waals surface area (Å²) in [5.41, 5.74) is -0.403. The maximum Gasteiger partial charge on any atom is 0.199 e. The van der Waals surface area contributed by atoms with Gasteiger partial charge in [0.1, 0.15) is 5.75 Å². The van der Waals surface area contributed by atoms with E-state index in [2.05, 4.69) is 12.8 Å². The number of rotatable bonds is 7. The molecule has 1 saturated heterocycles. The Kier molecular flexibility index (Phi) is 7.21. The topological polar surface area (TPSA) is 38.7 Å². The fraction of sp³-hybridized carbons (Fsp3) is 0.667. The largest absolute Gasteiger partial charge is 0.465 e. The van der Waals surface area contributed by atoms with Crippen LogP contribution in [0.5, 0.6) is 5.75 Å². The van der Waals surface area contributed by atoms with Gasteiger partial charge < -0.3 is 14.6 Å². The Morgan fingerprint density at radius 3 is 2.41 bits per heavy atom. The highest BCUT2D eigenvalue weighted by Gasteiger charge is 2.32. The summed E-state index contributed by atoms with van der Waals surface area (Å²) in [6, 6.07) is 7.60. The Balaban J connectivity index is 1.58. The zero-order chi connectivity index (χ0) is 19.1. The first-order valence-electron chi connectivity index (χ1n) is 10.7. The van der Waals surface area contributed by atoms with Gasteiger partial charge in [-0.15, -0.1) is 6.42 Å². The van der Waals surface area contributed by atoms with E-state index in [1.54, 1.807) is 0 Å². The third-order valence-electron chi connectivity index (χ3n) is 6.22. The minimum Gasteiger partial charge on any atom is -0.465 e. The predicted molar refractivity (Wildman–Crippen MR) is 108 cm³/mol. The van der Waals surface area contributed by atoms with Gasteiger partial charge >= 0.3 is 0 Å². The van der Waals surface area contributed by atoms with Gasteiger partial charge in [-0.2, -0.15) is 0 Å². The van der Waals surface area contributed by atoms with Crippen LogP contribution in [0.1, 0.15) is 76.7 Å². The molecule has 1 aromatic carbocycles. The maximum atomic E-state index is 11.1. The van der Waals surface area contributed by atoms with Gasteiger partial charge in [0.2, 0.25) is 0 Å². The second-order valence-corrected chi connectivity index (χ2v) is 8.32. The molecule has 2 atom stereocenters. The third-order valence-corrected chi connectivity index (χ3v) is 6.22. The maximum absolute atomic E-state index is 11.1. The van der Waals surface area contributed by atoms with Gasteiger partial charge in [-0.3, -0.25) is 0 Å². The predicted octanol–water partition coefficient (Wildman–Crippen LogP) is 5.41. The van der Waals surface area contributed by atoms with Crippen LogP contribution in [-0.4, -0.2) is 18.0 Å². The van der Waals surface area contributed by atoms with E-state index >= 15 is 0 Å². The lowest BCUT2D eigenvalue weighted by Crippen LogP contribution is -2.29. The van der Waals surface area contributed by atoms with Crippen LogP contribution in [0.2, 0.25) is 0 Å². The summed E-state index contributed by atoms with van der Waals surface area (Å²) in [6.07, 6.45) is 16.9. The molecule has 3 heteroatoms. The number of hydrogen-bond donors (Lipinski definition) is 1. The summed E-state index contributed by atoms with van der Waals surface area (Å²) in [4.78, 5) is 0. The molecule has 0 amide bonds. The minimum absolute atomic E-state index is 0.158. The summed E-state index contributed by atoms with van der Waals surface area (Å²) in [6.45, 7) is 3.02. The van der Waals surface area contributed by atoms with Crippen LogP contribution in [0.4, 0.5) is 0 Å². The lowest BCUT2D eigenvalue weighted by atomic mass is 9.74. The first kappa shape index (κ1) is 20.2. The van der Waals surface area contributed by atoms with Gasteiger partial charge in [-0.05, 0) is 48.8 Å². The number of aliphatic hydroxyl groups is 1. The fourth-order valence-corrected chi connectivity index (χ4v) is 4.58. The fourth-order valence-electron chi connectivity index (χ4n) is 4.58. The van der Waals surface area contributed by atoms with Crippen molar-refractivity contribution >= 4 is 0 Å². The van der Waals surface area contributed by atoms with Crippen molar-refractivity contribution in [2.75, 3.05) is 6.61 Å². The molecule has 1 heterocycles. The standard InChI is InChI=1S/C24H34O3/c1-3-7-19-9-11-20(12-10-19)18-24(25,4-2)21-13-15-22(16-14-21)27-23-8-5-6-17-26-23/h2,13-16,19-20,23,25H,3,5-12,17-18H2,1H3. The van der Waals surface area contributed by atoms with Crippen LogP contribution in [0, 0.1) is 24.2 Å². The molecule has 2 unspecified atom stereocenters. The van der Waals surface area contributed by atoms with E-state index in [0.29, 0.717) is 12.3 Å². The molecule has 27 heavy (non-hydrogen) atoms. The minimum atomic E-state index is -1.19. The molecular formula is C24H34O3. The van der Waals surface area contributed by atoms with Crippen LogP contribution >= 0.6 is 0 Å². The van der Waals surface area contributed by atoms with E-state index in [9.17, 15) is 5.11 Å². The summed E-state index contributed by atoms with van der Waals surface area (Å²) < 4.78 is 11.5. The molecule has 1 saturated carbocycles. The van der Waals surface area contributed by atoms with Gasteiger partial charge in [0.05, 0.1) is 6.61 Å². The molecule has 1 aromatic rings. The van der Waals surface area contributed by atoms with E-state index < -0.39 is 5.60 Å². The highest BCUT2D eigenvalue weighted by molar-refractivity contribution is 5.35. The number of benzene rings is 1. The molecule has 2 fully saturated rings. The smallest absolute Gasteiger partial charge is 0.199 e. The second kappa shape index (κ2) is 9.62. The third kappa shape index (κ3) is 5.50. The average molecular weight is 371 g/mol. The Morgan fingerprint density at radius 1 is 1.11 bits per heavy atom. The Labute approximate surface area is 164 Å². The van der Waals surface area contributed by atoms with E-state index in [0.717, 1.165) is 43.1 Å². The quantitative estimate of drug-likeness (QED) is 0.652. The molecule has 0 radical (unpaired) electrons. The van der Waals surface area contributed by atoms with Gasteiger partial charge in [-0.25, -0.2) is 0 Å². The van der Waals surface area contributed by atoms with E-state index in [1.165, 1.54) is 38.5 Å². The Morgan fingerprint density at radius 2 is 1.81 bits per heavy atom. The van der Waals surface area contributed by atoms with E-state index in [-0.39, 0.29) is 6.29 Å². The zero-order valence-corrected chi connectivity index (χ0v) is 16.7. The summed E-state index contributed by atoms with van der Waals surface area (Å²) >= 11 is 0. The van der Waals surface area contributed by atoms with Crippen molar-refractivity contribution in [3.63, 3.8) is 0 Å². The molecule has 0 bridgehead atoms. The summed E-state index contributed by atoms with van der Waals surface area (Å²) in [5, 5.41) is 11.1. The normalized spacial score (nSPS) is 28.1. The first-order valence-corrected chi connectivity index (χ1v) is 10.7. The van der Waals surface area contributed by atoms with Crippen LogP contribution in [-0.2, 0) is 10.3 Å². The van der Waals surface area contributed by atoms with Crippen molar-refractivity contribution in [3.8, 4) is 18.1 Å². The lowest BCUT2D eigenvalue weighted by Gasteiger charge is -2.33. The van der Waals surface area contributed by atoms with Gasteiger partial charge in [0.15, 0.2) is 11.9 Å². The number of terminal acetylenes is 1. The molecule has 2 aliphatic rings. The molecule has 0 spiro atoms. The molecular weight excluding hydrogens is 336 g/mol. The molecule has 148 valence electrons. The van der Waals surface area contributed by atoms with E-state index in [1.807, 2.05) is 24.3 Å². The lowest BCUT2D eigenvalue weighted by molar-refractivity contribution is -0.105. The molecule has 1 aliphatic carbocycles. The molecule has 1 aliphatic heterocycles. The molecule has 0 aromatic heterocycles. The number of hydrogen-bond acceptors (Lipinski definition) is 3. The molecule has 3 rings (SSSR count). The van der Waals surface area contributed by atoms with Gasteiger partial charge in [-0.1, -0.05) is 63.5 Å². The Hall–Kier alpha value is -1.50. The average Bonchev–Trinajstić information content (AvgIpc) is 2.71. The SMILES string of the molecule is C#CC(O)(CC1CCC(CCC)CC1)c1ccc(OC2CCCCO2)cc1. The zero-order valence-electron chi connectivity index (χ0n) is 16.7. The van der Waals surface area contributed by atoms with Crippen molar-refractivity contribution in [2.24, 2.45) is 11.8 Å². The van der Waals surface area contributed by atoms with Crippen LogP contribution < -0.4 is 4.74 Å². The molecule has 1 N–H and O–H groups in total. The summed E-state index contributed by atoms with van der Waals surface area (Å²) in [5.74, 6) is 4.81. The number of ether oxygens (including phenoxy) is 2. The van der Waals surface area contributed by atoms with Crippen molar-refractivity contribution in [1.82, 2.24) is 0 Å². The van der Waals surface area contributed by atoms with Gasteiger partial charge in [0.25, 0.3) is 0 Å². The Bertz CT molecular complexity index is 604. The second-order valence-electron chi connectivity index (χ2n) is 8.32. The first-order chi connectivity index (χ1) is 13.1. The van der Waals surface area contributed by atoms with Gasteiger partial charge in [0, 0.05) is 6.42 Å². The molecule has 3 nitrogen and oxygen atoms in total.